The predicted octanol–water partition coefficient (Wildman–Crippen LogP) is 1.52. The van der Waals surface area contributed by atoms with Gasteiger partial charge < -0.3 is 10.1 Å². The summed E-state index contributed by atoms with van der Waals surface area (Å²) in [5.74, 6) is -1.61. The van der Waals surface area contributed by atoms with Gasteiger partial charge in [-0.25, -0.2) is 13.8 Å². The van der Waals surface area contributed by atoms with Crippen LogP contribution in [0.1, 0.15) is 23.9 Å². The lowest BCUT2D eigenvalue weighted by Gasteiger charge is -2.16. The smallest absolute Gasteiger partial charge is 0.224 e. The van der Waals surface area contributed by atoms with Crippen LogP contribution in [0, 0.1) is 17.6 Å². The topological polar surface area (TPSA) is 79.9 Å². The van der Waals surface area contributed by atoms with E-state index < -0.39 is 11.6 Å². The van der Waals surface area contributed by atoms with Gasteiger partial charge in [0.2, 0.25) is 5.91 Å². The normalized spacial score (nSPS) is 20.6. The van der Waals surface area contributed by atoms with Crippen LogP contribution in [0.15, 0.2) is 24.5 Å². The van der Waals surface area contributed by atoms with Gasteiger partial charge in [-0.05, 0) is 12.5 Å². The summed E-state index contributed by atoms with van der Waals surface area (Å²) in [6.07, 6.45) is 1.73. The van der Waals surface area contributed by atoms with E-state index in [0.717, 1.165) is 12.5 Å². The van der Waals surface area contributed by atoms with Gasteiger partial charge >= 0.3 is 0 Å². The summed E-state index contributed by atoms with van der Waals surface area (Å²) < 4.78 is 32.3. The Morgan fingerprint density at radius 1 is 1.43 bits per heavy atom. The van der Waals surface area contributed by atoms with Gasteiger partial charge in [0, 0.05) is 24.6 Å². The van der Waals surface area contributed by atoms with Crippen molar-refractivity contribution < 1.29 is 18.3 Å². The fourth-order valence-electron chi connectivity index (χ4n) is 2.66. The van der Waals surface area contributed by atoms with E-state index in [2.05, 4.69) is 20.5 Å². The Morgan fingerprint density at radius 2 is 2.30 bits per heavy atom. The molecule has 0 unspecified atom stereocenters. The van der Waals surface area contributed by atoms with Crippen molar-refractivity contribution in [3.8, 4) is 0 Å². The van der Waals surface area contributed by atoms with E-state index in [-0.39, 0.29) is 29.9 Å². The summed E-state index contributed by atoms with van der Waals surface area (Å²) in [5.41, 5.74) is 0.0388. The van der Waals surface area contributed by atoms with Gasteiger partial charge in [0.15, 0.2) is 17.5 Å². The number of hydrogen-bond donors (Lipinski definition) is 2. The molecule has 1 fully saturated rings. The van der Waals surface area contributed by atoms with Crippen LogP contribution in [-0.2, 0) is 16.0 Å². The first kappa shape index (κ1) is 15.5. The molecule has 1 saturated heterocycles. The zero-order valence-corrected chi connectivity index (χ0v) is 12.3. The second kappa shape index (κ2) is 6.82. The Labute approximate surface area is 131 Å². The lowest BCUT2D eigenvalue weighted by atomic mass is 10.0. The quantitative estimate of drug-likeness (QED) is 0.875. The van der Waals surface area contributed by atoms with Crippen molar-refractivity contribution in [3.63, 3.8) is 0 Å². The van der Waals surface area contributed by atoms with E-state index in [1.54, 1.807) is 0 Å². The maximum atomic E-state index is 13.6. The van der Waals surface area contributed by atoms with Crippen LogP contribution in [-0.4, -0.2) is 34.2 Å². The molecule has 23 heavy (non-hydrogen) atoms. The molecule has 6 nitrogen and oxygen atoms in total. The molecule has 3 rings (SSSR count). The Hall–Kier alpha value is -2.35. The largest absolute Gasteiger partial charge is 0.370 e. The first-order valence-corrected chi connectivity index (χ1v) is 7.31. The summed E-state index contributed by atoms with van der Waals surface area (Å²) in [7, 11) is 0. The van der Waals surface area contributed by atoms with E-state index >= 15 is 0 Å². The van der Waals surface area contributed by atoms with Crippen molar-refractivity contribution in [2.24, 2.45) is 5.92 Å². The number of amides is 1. The van der Waals surface area contributed by atoms with E-state index in [0.29, 0.717) is 19.0 Å². The average Bonchev–Trinajstić information content (AvgIpc) is 3.20. The summed E-state index contributed by atoms with van der Waals surface area (Å²) in [6.45, 7) is 0.950. The second-order valence-electron chi connectivity index (χ2n) is 5.40. The van der Waals surface area contributed by atoms with E-state index in [4.69, 9.17) is 4.74 Å². The SMILES string of the molecule is O=C(Cc1cccc(F)c1F)NC[C@@H]1CCO[C@@H]1c1ncn[nH]1. The van der Waals surface area contributed by atoms with Gasteiger partial charge in [-0.2, -0.15) is 5.10 Å². The number of carbonyl (C=O) groups is 1. The highest BCUT2D eigenvalue weighted by Gasteiger charge is 2.32. The maximum Gasteiger partial charge on any atom is 0.224 e. The third-order valence-electron chi connectivity index (χ3n) is 3.86. The highest BCUT2D eigenvalue weighted by Crippen LogP contribution is 2.31. The van der Waals surface area contributed by atoms with Gasteiger partial charge in [0.05, 0.1) is 6.42 Å². The van der Waals surface area contributed by atoms with Crippen molar-refractivity contribution in [1.82, 2.24) is 20.5 Å². The molecular formula is C15H16F2N4O2. The molecule has 0 radical (unpaired) electrons. The minimum atomic E-state index is -0.980. The van der Waals surface area contributed by atoms with E-state index in [9.17, 15) is 13.6 Å². The lowest BCUT2D eigenvalue weighted by Crippen LogP contribution is -2.32. The van der Waals surface area contributed by atoms with Crippen LogP contribution in [0.5, 0.6) is 0 Å². The summed E-state index contributed by atoms with van der Waals surface area (Å²) >= 11 is 0. The number of hydrogen-bond acceptors (Lipinski definition) is 4. The number of benzene rings is 1. The van der Waals surface area contributed by atoms with Crippen LogP contribution < -0.4 is 5.32 Å². The molecule has 0 aliphatic carbocycles. The number of nitrogens with one attached hydrogen (secondary N) is 2. The van der Waals surface area contributed by atoms with Crippen molar-refractivity contribution in [2.45, 2.75) is 18.9 Å². The lowest BCUT2D eigenvalue weighted by molar-refractivity contribution is -0.120. The Kier molecular flexibility index (Phi) is 4.61. The molecule has 122 valence electrons. The molecule has 1 aliphatic rings. The fraction of sp³-hybridized carbons (Fsp3) is 0.400. The number of H-pyrrole nitrogens is 1. The summed E-state index contributed by atoms with van der Waals surface area (Å²) in [6, 6.07) is 3.80. The zero-order valence-electron chi connectivity index (χ0n) is 12.3. The molecule has 8 heteroatoms. The third kappa shape index (κ3) is 3.53. The third-order valence-corrected chi connectivity index (χ3v) is 3.86. The number of carbonyl (C=O) groups excluding carboxylic acids is 1. The standard InChI is InChI=1S/C15H16F2N4O2/c16-11-3-1-2-9(13(11)17)6-12(22)18-7-10-4-5-23-14(10)15-19-8-20-21-15/h1-3,8,10,14H,4-7H2,(H,18,22)(H,19,20,21)/t10-,14-/m0/s1. The molecule has 0 saturated carbocycles. The zero-order chi connectivity index (χ0) is 16.2. The molecule has 2 N–H and O–H groups in total. The van der Waals surface area contributed by atoms with Crippen molar-refractivity contribution in [2.75, 3.05) is 13.2 Å². The molecular weight excluding hydrogens is 306 g/mol. The van der Waals surface area contributed by atoms with Gasteiger partial charge in [-0.1, -0.05) is 12.1 Å². The van der Waals surface area contributed by atoms with Crippen LogP contribution in [0.2, 0.25) is 0 Å². The van der Waals surface area contributed by atoms with Gasteiger partial charge in [-0.3, -0.25) is 9.89 Å². The van der Waals surface area contributed by atoms with Gasteiger partial charge in [-0.15, -0.1) is 0 Å². The van der Waals surface area contributed by atoms with Gasteiger partial charge in [0.1, 0.15) is 12.4 Å². The molecule has 2 aromatic rings. The highest BCUT2D eigenvalue weighted by atomic mass is 19.2. The van der Waals surface area contributed by atoms with Crippen LogP contribution >= 0.6 is 0 Å². The predicted molar refractivity (Wildman–Crippen MR) is 76.3 cm³/mol. The molecule has 1 aliphatic heterocycles. The minimum absolute atomic E-state index is 0.0388. The van der Waals surface area contributed by atoms with Crippen LogP contribution in [0.25, 0.3) is 0 Å². The monoisotopic (exact) mass is 322 g/mol. The first-order valence-electron chi connectivity index (χ1n) is 7.31. The Balaban J connectivity index is 1.55. The van der Waals surface area contributed by atoms with Crippen LogP contribution in [0.3, 0.4) is 0 Å². The number of aromatic amines is 1. The van der Waals surface area contributed by atoms with E-state index in [1.807, 2.05) is 0 Å². The number of aromatic nitrogens is 3. The molecule has 1 aromatic heterocycles. The molecule has 2 atom stereocenters. The molecule has 0 spiro atoms. The molecule has 1 amide bonds. The number of nitrogens with zero attached hydrogens (tertiary/aromatic N) is 2. The molecule has 1 aromatic carbocycles. The molecule has 0 bridgehead atoms. The van der Waals surface area contributed by atoms with Crippen molar-refractivity contribution in [1.29, 1.82) is 0 Å². The first-order chi connectivity index (χ1) is 11.1. The Morgan fingerprint density at radius 3 is 3.09 bits per heavy atom. The van der Waals surface area contributed by atoms with E-state index in [1.165, 1.54) is 18.5 Å². The minimum Gasteiger partial charge on any atom is -0.370 e. The van der Waals surface area contributed by atoms with Crippen molar-refractivity contribution in [3.05, 3.63) is 47.5 Å². The fourth-order valence-corrected chi connectivity index (χ4v) is 2.66. The summed E-state index contributed by atoms with van der Waals surface area (Å²) in [4.78, 5) is 16.0. The molecule has 2 heterocycles. The number of rotatable bonds is 5. The van der Waals surface area contributed by atoms with Gasteiger partial charge in [0.25, 0.3) is 0 Å². The average molecular weight is 322 g/mol. The Bertz CT molecular complexity index is 678. The maximum absolute atomic E-state index is 13.6. The highest BCUT2D eigenvalue weighted by molar-refractivity contribution is 5.78. The van der Waals surface area contributed by atoms with Crippen molar-refractivity contribution >= 4 is 5.91 Å². The second-order valence-corrected chi connectivity index (χ2v) is 5.40. The van der Waals surface area contributed by atoms with Crippen LogP contribution in [0.4, 0.5) is 8.78 Å². The number of ether oxygens (including phenoxy) is 1. The number of halogens is 2. The summed E-state index contributed by atoms with van der Waals surface area (Å²) in [5, 5.41) is 9.29.